The molecule has 0 aromatic heterocycles. The monoisotopic (exact) mass is 376 g/mol. The minimum atomic E-state index is -1.03. The van der Waals surface area contributed by atoms with Crippen LogP contribution in [0.2, 0.25) is 0 Å². The van der Waals surface area contributed by atoms with E-state index in [0.717, 1.165) is 38.1 Å². The topological polar surface area (TPSA) is 85.2 Å². The molecule has 6 nitrogen and oxygen atoms in total. The molecule has 2 unspecified atom stereocenters. The van der Waals surface area contributed by atoms with Crippen molar-refractivity contribution in [1.82, 2.24) is 10.6 Å². The van der Waals surface area contributed by atoms with Crippen LogP contribution in [0.4, 0.5) is 14.5 Å². The summed E-state index contributed by atoms with van der Waals surface area (Å²) in [5.74, 6) is -3.64. The molecule has 3 rings (SSSR count). The van der Waals surface area contributed by atoms with Crippen molar-refractivity contribution in [3.05, 3.63) is 29.8 Å². The summed E-state index contributed by atoms with van der Waals surface area (Å²) >= 11 is 0. The van der Waals surface area contributed by atoms with Crippen molar-refractivity contribution in [3.63, 3.8) is 0 Å². The summed E-state index contributed by atoms with van der Waals surface area (Å²) in [5, 5.41) is 15.3. The number of rotatable bonds is 4. The maximum Gasteiger partial charge on any atom is 0.249 e. The Hall–Kier alpha value is -2.53. The summed E-state index contributed by atoms with van der Waals surface area (Å²) < 4.78 is 26.6. The van der Waals surface area contributed by atoms with Crippen LogP contribution in [0.25, 0.3) is 0 Å². The third-order valence-electron chi connectivity index (χ3n) is 5.25. The molecule has 1 aromatic rings. The predicted molar refractivity (Wildman–Crippen MR) is 94.6 cm³/mol. The van der Waals surface area contributed by atoms with Gasteiger partial charge in [0.2, 0.25) is 11.8 Å². The second kappa shape index (κ2) is 8.44. The van der Waals surface area contributed by atoms with Gasteiger partial charge in [-0.2, -0.15) is 5.26 Å². The lowest BCUT2D eigenvalue weighted by molar-refractivity contribution is -0.130. The summed E-state index contributed by atoms with van der Waals surface area (Å²) in [6, 6.07) is 4.60. The molecule has 144 valence electrons. The fourth-order valence-corrected chi connectivity index (χ4v) is 3.74. The standard InChI is InChI=1S/C19H22F2N4O2/c20-15-4-3-13(10-16(15)21)25-9-1-2-17(19(25)27)24-18(26)14(11-22)12-5-7-23-8-6-12/h3-4,10,12,14,17,23H,1-2,5-9H2,(H,24,26). The molecule has 2 N–H and O–H groups in total. The highest BCUT2D eigenvalue weighted by atomic mass is 19.2. The van der Waals surface area contributed by atoms with Crippen LogP contribution in [0.3, 0.4) is 0 Å². The first-order valence-electron chi connectivity index (χ1n) is 9.18. The minimum absolute atomic E-state index is 0.0303. The van der Waals surface area contributed by atoms with Crippen LogP contribution in [-0.4, -0.2) is 37.5 Å². The Morgan fingerprint density at radius 3 is 2.67 bits per heavy atom. The molecule has 0 radical (unpaired) electrons. The maximum atomic E-state index is 13.5. The summed E-state index contributed by atoms with van der Waals surface area (Å²) in [6.07, 6.45) is 2.55. The van der Waals surface area contributed by atoms with E-state index < -0.39 is 29.5 Å². The van der Waals surface area contributed by atoms with Crippen molar-refractivity contribution in [2.24, 2.45) is 11.8 Å². The summed E-state index contributed by atoms with van der Waals surface area (Å²) in [7, 11) is 0. The van der Waals surface area contributed by atoms with E-state index in [2.05, 4.69) is 16.7 Å². The second-order valence-electron chi connectivity index (χ2n) is 6.99. The number of anilines is 1. The molecule has 0 bridgehead atoms. The molecule has 0 saturated carbocycles. The zero-order valence-electron chi connectivity index (χ0n) is 14.9. The van der Waals surface area contributed by atoms with Crippen molar-refractivity contribution in [2.75, 3.05) is 24.5 Å². The first-order valence-corrected chi connectivity index (χ1v) is 9.18. The van der Waals surface area contributed by atoms with Gasteiger partial charge in [0.25, 0.3) is 0 Å². The van der Waals surface area contributed by atoms with E-state index in [1.54, 1.807) is 0 Å². The number of carbonyl (C=O) groups is 2. The van der Waals surface area contributed by atoms with Crippen LogP contribution in [0.1, 0.15) is 25.7 Å². The molecule has 2 amide bonds. The molecular weight excluding hydrogens is 354 g/mol. The lowest BCUT2D eigenvalue weighted by Crippen LogP contribution is -2.54. The minimum Gasteiger partial charge on any atom is -0.343 e. The smallest absolute Gasteiger partial charge is 0.249 e. The van der Waals surface area contributed by atoms with Crippen LogP contribution in [0.15, 0.2) is 18.2 Å². The number of hydrogen-bond donors (Lipinski definition) is 2. The molecule has 8 heteroatoms. The Morgan fingerprint density at radius 2 is 2.00 bits per heavy atom. The van der Waals surface area contributed by atoms with Crippen LogP contribution in [0.5, 0.6) is 0 Å². The third kappa shape index (κ3) is 4.25. The van der Waals surface area contributed by atoms with Gasteiger partial charge in [0.15, 0.2) is 11.6 Å². The van der Waals surface area contributed by atoms with E-state index in [9.17, 15) is 23.6 Å². The van der Waals surface area contributed by atoms with Crippen molar-refractivity contribution < 1.29 is 18.4 Å². The van der Waals surface area contributed by atoms with Gasteiger partial charge in [0, 0.05) is 18.3 Å². The van der Waals surface area contributed by atoms with Gasteiger partial charge in [-0.05, 0) is 56.8 Å². The number of nitriles is 1. The Balaban J connectivity index is 1.69. The van der Waals surface area contributed by atoms with Crippen molar-refractivity contribution in [3.8, 4) is 6.07 Å². The van der Waals surface area contributed by atoms with Crippen LogP contribution in [-0.2, 0) is 9.59 Å². The summed E-state index contributed by atoms with van der Waals surface area (Å²) in [6.45, 7) is 1.90. The number of amides is 2. The lowest BCUT2D eigenvalue weighted by Gasteiger charge is -2.34. The molecule has 2 aliphatic rings. The molecule has 2 heterocycles. The zero-order chi connectivity index (χ0) is 19.4. The maximum absolute atomic E-state index is 13.5. The second-order valence-corrected chi connectivity index (χ2v) is 6.99. The molecule has 2 saturated heterocycles. The van der Waals surface area contributed by atoms with Gasteiger partial charge in [-0.15, -0.1) is 0 Å². The Bertz CT molecular complexity index is 759. The van der Waals surface area contributed by atoms with Gasteiger partial charge in [-0.25, -0.2) is 8.78 Å². The lowest BCUT2D eigenvalue weighted by atomic mass is 9.85. The number of benzene rings is 1. The van der Waals surface area contributed by atoms with E-state index in [-0.39, 0.29) is 17.5 Å². The Labute approximate surface area is 156 Å². The average Bonchev–Trinajstić information content (AvgIpc) is 2.67. The number of nitrogens with zero attached hydrogens (tertiary/aromatic N) is 2. The van der Waals surface area contributed by atoms with Gasteiger partial charge < -0.3 is 15.5 Å². The molecule has 27 heavy (non-hydrogen) atoms. The largest absolute Gasteiger partial charge is 0.343 e. The molecule has 2 aliphatic heterocycles. The first kappa shape index (κ1) is 19.2. The number of halogens is 2. The number of piperidine rings is 2. The van der Waals surface area contributed by atoms with E-state index >= 15 is 0 Å². The fraction of sp³-hybridized carbons (Fsp3) is 0.526. The number of carbonyl (C=O) groups excluding carboxylic acids is 2. The van der Waals surface area contributed by atoms with Crippen LogP contribution >= 0.6 is 0 Å². The highest BCUT2D eigenvalue weighted by Crippen LogP contribution is 2.25. The highest BCUT2D eigenvalue weighted by molar-refractivity contribution is 6.00. The van der Waals surface area contributed by atoms with Crippen LogP contribution in [0, 0.1) is 34.8 Å². The summed E-state index contributed by atoms with van der Waals surface area (Å²) in [4.78, 5) is 26.7. The average molecular weight is 376 g/mol. The Morgan fingerprint density at radius 1 is 1.26 bits per heavy atom. The van der Waals surface area contributed by atoms with Crippen molar-refractivity contribution in [2.45, 2.75) is 31.7 Å². The molecule has 0 aliphatic carbocycles. The normalized spacial score (nSPS) is 22.2. The molecular formula is C19H22F2N4O2. The van der Waals surface area contributed by atoms with Gasteiger partial charge >= 0.3 is 0 Å². The quantitative estimate of drug-likeness (QED) is 0.838. The molecule has 2 fully saturated rings. The molecule has 1 aromatic carbocycles. The Kier molecular flexibility index (Phi) is 6.01. The fourth-order valence-electron chi connectivity index (χ4n) is 3.74. The third-order valence-corrected chi connectivity index (χ3v) is 5.25. The van der Waals surface area contributed by atoms with Crippen molar-refractivity contribution >= 4 is 17.5 Å². The molecule has 0 spiro atoms. The van der Waals surface area contributed by atoms with Gasteiger partial charge in [0.1, 0.15) is 12.0 Å². The van der Waals surface area contributed by atoms with Gasteiger partial charge in [-0.1, -0.05) is 0 Å². The van der Waals surface area contributed by atoms with E-state index in [1.807, 2.05) is 0 Å². The summed E-state index contributed by atoms with van der Waals surface area (Å²) in [5.41, 5.74) is 0.257. The predicted octanol–water partition coefficient (Wildman–Crippen LogP) is 1.72. The number of hydrogen-bond acceptors (Lipinski definition) is 4. The SMILES string of the molecule is N#CC(C(=O)NC1CCCN(c2ccc(F)c(F)c2)C1=O)C1CCNCC1. The van der Waals surface area contributed by atoms with E-state index in [1.165, 1.54) is 11.0 Å². The molecule has 2 atom stereocenters. The van der Waals surface area contributed by atoms with Crippen LogP contribution < -0.4 is 15.5 Å². The highest BCUT2D eigenvalue weighted by Gasteiger charge is 2.35. The number of nitrogens with one attached hydrogen (secondary N) is 2. The zero-order valence-corrected chi connectivity index (χ0v) is 14.9. The van der Waals surface area contributed by atoms with Gasteiger partial charge in [-0.3, -0.25) is 9.59 Å². The van der Waals surface area contributed by atoms with Crippen molar-refractivity contribution in [1.29, 1.82) is 5.26 Å². The first-order chi connectivity index (χ1) is 13.0. The van der Waals surface area contributed by atoms with E-state index in [0.29, 0.717) is 19.4 Å². The van der Waals surface area contributed by atoms with E-state index in [4.69, 9.17) is 0 Å². The van der Waals surface area contributed by atoms with Gasteiger partial charge in [0.05, 0.1) is 6.07 Å².